The third-order valence-corrected chi connectivity index (χ3v) is 4.85. The predicted molar refractivity (Wildman–Crippen MR) is 89.6 cm³/mol. The predicted octanol–water partition coefficient (Wildman–Crippen LogP) is 0.515. The van der Waals surface area contributed by atoms with Crippen LogP contribution in [0.25, 0.3) is 0 Å². The summed E-state index contributed by atoms with van der Waals surface area (Å²) in [5.41, 5.74) is -0.293. The van der Waals surface area contributed by atoms with Crippen LogP contribution in [0.5, 0.6) is 0 Å². The van der Waals surface area contributed by atoms with Gasteiger partial charge < -0.3 is 19.7 Å². The van der Waals surface area contributed by atoms with E-state index < -0.39 is 0 Å². The fourth-order valence-electron chi connectivity index (χ4n) is 3.06. The van der Waals surface area contributed by atoms with E-state index in [1.165, 1.54) is 0 Å². The lowest BCUT2D eigenvalue weighted by Crippen LogP contribution is -2.52. The summed E-state index contributed by atoms with van der Waals surface area (Å²) in [6, 6.07) is 1.92. The van der Waals surface area contributed by atoms with Gasteiger partial charge in [0, 0.05) is 25.5 Å². The lowest BCUT2D eigenvalue weighted by Gasteiger charge is -2.33. The van der Waals surface area contributed by atoms with Crippen molar-refractivity contribution < 1.29 is 14.3 Å². The molecule has 1 aliphatic heterocycles. The molecule has 0 bridgehead atoms. The molecule has 1 aromatic rings. The number of hydrogen-bond donors (Lipinski definition) is 1. The van der Waals surface area contributed by atoms with E-state index in [0.29, 0.717) is 26.4 Å². The number of rotatable bonds is 8. The van der Waals surface area contributed by atoms with E-state index in [4.69, 9.17) is 9.47 Å². The van der Waals surface area contributed by atoms with Crippen LogP contribution in [-0.2, 0) is 20.8 Å². The average Bonchev–Trinajstić information content (AvgIpc) is 3.15. The fourth-order valence-corrected chi connectivity index (χ4v) is 3.06. The van der Waals surface area contributed by atoms with Crippen LogP contribution in [0.1, 0.15) is 19.3 Å². The molecule has 3 rings (SSSR count). The van der Waals surface area contributed by atoms with Crippen LogP contribution in [0, 0.1) is 5.41 Å². The monoisotopic (exact) mass is 336 g/mol. The van der Waals surface area contributed by atoms with Crippen LogP contribution < -0.4 is 5.32 Å². The summed E-state index contributed by atoms with van der Waals surface area (Å²) < 4.78 is 13.3. The molecule has 1 aliphatic carbocycles. The first-order valence-electron chi connectivity index (χ1n) is 8.71. The Hall–Kier alpha value is -1.44. The van der Waals surface area contributed by atoms with Crippen molar-refractivity contribution in [1.82, 2.24) is 20.0 Å². The molecule has 2 fully saturated rings. The summed E-state index contributed by atoms with van der Waals surface area (Å²) in [6.07, 6.45) is 6.25. The maximum Gasteiger partial charge on any atom is 0.228 e. The highest BCUT2D eigenvalue weighted by Gasteiger charge is 2.51. The quantitative estimate of drug-likeness (QED) is 0.749. The van der Waals surface area contributed by atoms with Crippen molar-refractivity contribution in [2.45, 2.75) is 38.0 Å². The Morgan fingerprint density at radius 2 is 2.33 bits per heavy atom. The van der Waals surface area contributed by atoms with E-state index in [1.54, 1.807) is 6.20 Å². The van der Waals surface area contributed by atoms with E-state index in [9.17, 15) is 4.79 Å². The normalized spacial score (nSPS) is 25.6. The average molecular weight is 336 g/mol. The Morgan fingerprint density at radius 3 is 3.00 bits per heavy atom. The Morgan fingerprint density at radius 1 is 1.50 bits per heavy atom. The SMILES string of the molecule is CN(C)CCO[C@@H]1COCC[C@H]1NC(=O)C1(Cn2cccn2)CC1. The number of carbonyl (C=O) groups is 1. The third-order valence-electron chi connectivity index (χ3n) is 4.85. The van der Waals surface area contributed by atoms with Gasteiger partial charge in [0.15, 0.2) is 0 Å². The molecule has 1 saturated heterocycles. The molecule has 7 heteroatoms. The van der Waals surface area contributed by atoms with Gasteiger partial charge in [-0.2, -0.15) is 5.10 Å². The van der Waals surface area contributed by atoms with E-state index >= 15 is 0 Å². The lowest BCUT2D eigenvalue weighted by atomic mass is 10.0. The van der Waals surface area contributed by atoms with Crippen molar-refractivity contribution in [1.29, 1.82) is 0 Å². The first-order chi connectivity index (χ1) is 11.6. The molecule has 2 heterocycles. The van der Waals surface area contributed by atoms with Gasteiger partial charge in [0.25, 0.3) is 0 Å². The molecule has 0 spiro atoms. The van der Waals surface area contributed by atoms with Crippen molar-refractivity contribution >= 4 is 5.91 Å². The topological polar surface area (TPSA) is 68.6 Å². The Balaban J connectivity index is 1.53. The molecule has 1 amide bonds. The molecule has 134 valence electrons. The molecule has 2 aliphatic rings. The second-order valence-electron chi connectivity index (χ2n) is 7.14. The minimum atomic E-state index is -0.293. The van der Waals surface area contributed by atoms with Gasteiger partial charge in [-0.05, 0) is 39.4 Å². The van der Waals surface area contributed by atoms with Gasteiger partial charge in [-0.15, -0.1) is 0 Å². The number of hydrogen-bond acceptors (Lipinski definition) is 5. The summed E-state index contributed by atoms with van der Waals surface area (Å²) >= 11 is 0. The van der Waals surface area contributed by atoms with Crippen molar-refractivity contribution in [2.75, 3.05) is 40.5 Å². The Kier molecular flexibility index (Phi) is 5.53. The Labute approximate surface area is 143 Å². The van der Waals surface area contributed by atoms with Crippen LogP contribution in [0.4, 0.5) is 0 Å². The summed E-state index contributed by atoms with van der Waals surface area (Å²) in [7, 11) is 4.04. The molecule has 7 nitrogen and oxygen atoms in total. The molecule has 2 atom stereocenters. The summed E-state index contributed by atoms with van der Waals surface area (Å²) in [4.78, 5) is 14.9. The number of nitrogens with zero attached hydrogens (tertiary/aromatic N) is 3. The van der Waals surface area contributed by atoms with Gasteiger partial charge in [0.2, 0.25) is 5.91 Å². The van der Waals surface area contributed by atoms with E-state index in [0.717, 1.165) is 25.8 Å². The Bertz CT molecular complexity index is 528. The molecule has 1 saturated carbocycles. The highest BCUT2D eigenvalue weighted by Crippen LogP contribution is 2.47. The minimum Gasteiger partial charge on any atom is -0.379 e. The number of carbonyl (C=O) groups excluding carboxylic acids is 1. The molecular weight excluding hydrogens is 308 g/mol. The first-order valence-corrected chi connectivity index (χ1v) is 8.71. The van der Waals surface area contributed by atoms with Crippen LogP contribution in [0.3, 0.4) is 0 Å². The zero-order chi connectivity index (χ0) is 17.0. The summed E-state index contributed by atoms with van der Waals surface area (Å²) in [5, 5.41) is 7.45. The molecule has 1 aromatic heterocycles. The van der Waals surface area contributed by atoms with Crippen molar-refractivity contribution in [3.8, 4) is 0 Å². The largest absolute Gasteiger partial charge is 0.379 e. The lowest BCUT2D eigenvalue weighted by molar-refractivity contribution is -0.132. The number of amides is 1. The second kappa shape index (κ2) is 7.63. The number of nitrogens with one attached hydrogen (secondary N) is 1. The zero-order valence-corrected chi connectivity index (χ0v) is 14.6. The number of aromatic nitrogens is 2. The molecular formula is C17H28N4O3. The number of likely N-dealkylation sites (N-methyl/N-ethyl adjacent to an activating group) is 1. The van der Waals surface area contributed by atoms with Gasteiger partial charge >= 0.3 is 0 Å². The highest BCUT2D eigenvalue weighted by molar-refractivity contribution is 5.85. The van der Waals surface area contributed by atoms with Gasteiger partial charge in [-0.25, -0.2) is 0 Å². The molecule has 24 heavy (non-hydrogen) atoms. The van der Waals surface area contributed by atoms with Crippen LogP contribution >= 0.6 is 0 Å². The van der Waals surface area contributed by atoms with Gasteiger partial charge in [-0.3, -0.25) is 9.48 Å². The van der Waals surface area contributed by atoms with Crippen molar-refractivity contribution in [3.63, 3.8) is 0 Å². The smallest absolute Gasteiger partial charge is 0.228 e. The number of ether oxygens (including phenoxy) is 2. The van der Waals surface area contributed by atoms with Crippen molar-refractivity contribution in [2.24, 2.45) is 5.41 Å². The zero-order valence-electron chi connectivity index (χ0n) is 14.6. The van der Waals surface area contributed by atoms with E-state index in [2.05, 4.69) is 15.3 Å². The maximum atomic E-state index is 12.8. The van der Waals surface area contributed by atoms with E-state index in [-0.39, 0.29) is 23.5 Å². The van der Waals surface area contributed by atoms with Gasteiger partial charge in [-0.1, -0.05) is 0 Å². The maximum absolute atomic E-state index is 12.8. The van der Waals surface area contributed by atoms with Crippen LogP contribution in [0.15, 0.2) is 18.5 Å². The highest BCUT2D eigenvalue weighted by atomic mass is 16.5. The van der Waals surface area contributed by atoms with Crippen LogP contribution in [-0.4, -0.2) is 73.2 Å². The standard InChI is InChI=1S/C17H28N4O3/c1-20(2)9-11-24-15-12-23-10-4-14(15)19-16(22)17(5-6-17)13-21-8-3-7-18-21/h3,7-8,14-15H,4-6,9-13H2,1-2H3,(H,19,22)/t14-,15-/m1/s1. The van der Waals surface area contributed by atoms with Crippen molar-refractivity contribution in [3.05, 3.63) is 18.5 Å². The second-order valence-corrected chi connectivity index (χ2v) is 7.14. The molecule has 0 unspecified atom stereocenters. The van der Waals surface area contributed by atoms with Crippen LogP contribution in [0.2, 0.25) is 0 Å². The molecule has 0 radical (unpaired) electrons. The third kappa shape index (κ3) is 4.34. The first kappa shape index (κ1) is 17.4. The molecule has 0 aromatic carbocycles. The van der Waals surface area contributed by atoms with Gasteiger partial charge in [0.1, 0.15) is 6.10 Å². The summed E-state index contributed by atoms with van der Waals surface area (Å²) in [6.45, 7) is 3.38. The fraction of sp³-hybridized carbons (Fsp3) is 0.765. The molecule has 1 N–H and O–H groups in total. The van der Waals surface area contributed by atoms with Gasteiger partial charge in [0.05, 0.1) is 31.2 Å². The summed E-state index contributed by atoms with van der Waals surface area (Å²) in [5.74, 6) is 0.131. The minimum absolute atomic E-state index is 0.0310. The van der Waals surface area contributed by atoms with E-state index in [1.807, 2.05) is 31.0 Å².